The van der Waals surface area contributed by atoms with Crippen molar-refractivity contribution < 1.29 is 8.42 Å². The normalized spacial score (nSPS) is 33.6. The number of hydrogen-bond donors (Lipinski definition) is 0. The molecule has 4 rings (SSSR count). The average Bonchev–Trinajstić information content (AvgIpc) is 2.20. The molecular formula is C14H17ClO2S. The minimum atomic E-state index is -3.33. The van der Waals surface area contributed by atoms with Crippen molar-refractivity contribution in [2.45, 2.75) is 32.1 Å². The van der Waals surface area contributed by atoms with E-state index in [0.29, 0.717) is 5.41 Å². The number of halogens is 1. The van der Waals surface area contributed by atoms with E-state index in [-0.39, 0.29) is 11.2 Å². The number of rotatable bonds is 5. The maximum absolute atomic E-state index is 11.1. The summed E-state index contributed by atoms with van der Waals surface area (Å²) in [4.78, 5) is 0. The van der Waals surface area contributed by atoms with Gasteiger partial charge in [-0.25, -0.2) is 8.42 Å². The molecule has 18 heavy (non-hydrogen) atoms. The van der Waals surface area contributed by atoms with E-state index in [4.69, 9.17) is 10.7 Å². The summed E-state index contributed by atoms with van der Waals surface area (Å²) in [5.41, 5.74) is 1.84. The van der Waals surface area contributed by atoms with Gasteiger partial charge in [-0.15, -0.1) is 0 Å². The Balaban J connectivity index is 1.52. The van der Waals surface area contributed by atoms with E-state index in [1.807, 2.05) is 6.07 Å². The fourth-order valence-electron chi connectivity index (χ4n) is 4.07. The first-order chi connectivity index (χ1) is 8.41. The first-order valence-electron chi connectivity index (χ1n) is 6.37. The van der Waals surface area contributed by atoms with Crippen LogP contribution in [0.15, 0.2) is 30.3 Å². The van der Waals surface area contributed by atoms with Gasteiger partial charge in [0.2, 0.25) is 9.05 Å². The summed E-state index contributed by atoms with van der Waals surface area (Å²) in [6.07, 6.45) is 5.45. The van der Waals surface area contributed by atoms with Crippen LogP contribution in [-0.4, -0.2) is 14.2 Å². The maximum Gasteiger partial charge on any atom is 0.233 e. The topological polar surface area (TPSA) is 34.1 Å². The van der Waals surface area contributed by atoms with E-state index in [1.165, 1.54) is 12.0 Å². The van der Waals surface area contributed by atoms with Crippen molar-refractivity contribution in [1.82, 2.24) is 0 Å². The fraction of sp³-hybridized carbons (Fsp3) is 0.571. The molecule has 1 aromatic rings. The molecule has 0 atom stereocenters. The lowest BCUT2D eigenvalue weighted by atomic mass is 9.35. The predicted octanol–water partition coefficient (Wildman–Crippen LogP) is 3.36. The smallest absolute Gasteiger partial charge is 0.212 e. The highest BCUT2D eigenvalue weighted by molar-refractivity contribution is 8.13. The molecule has 0 N–H and O–H groups in total. The second-order valence-electron chi connectivity index (χ2n) is 6.20. The van der Waals surface area contributed by atoms with Crippen molar-refractivity contribution >= 4 is 19.7 Å². The molecule has 98 valence electrons. The Bertz CT molecular complexity index is 531. The van der Waals surface area contributed by atoms with Gasteiger partial charge in [-0.05, 0) is 48.5 Å². The number of benzene rings is 1. The third-order valence-electron chi connectivity index (χ3n) is 4.52. The van der Waals surface area contributed by atoms with E-state index in [9.17, 15) is 8.42 Å². The zero-order valence-electron chi connectivity index (χ0n) is 10.2. The molecule has 1 aromatic carbocycles. The number of hydrogen-bond acceptors (Lipinski definition) is 2. The molecule has 3 saturated carbocycles. The van der Waals surface area contributed by atoms with Crippen molar-refractivity contribution in [3.05, 3.63) is 35.9 Å². The Hall–Kier alpha value is -0.540. The first-order valence-corrected chi connectivity index (χ1v) is 8.85. The second-order valence-corrected chi connectivity index (χ2v) is 8.98. The first kappa shape index (κ1) is 12.5. The molecule has 0 amide bonds. The zero-order chi connectivity index (χ0) is 12.9. The SMILES string of the molecule is O=S(=O)(Cl)CC12CC(CCc3ccccc3)(C1)C2. The van der Waals surface area contributed by atoms with E-state index in [1.54, 1.807) is 0 Å². The number of aryl methyl sites for hydroxylation is 1. The molecule has 3 fully saturated rings. The van der Waals surface area contributed by atoms with Gasteiger partial charge in [-0.1, -0.05) is 30.3 Å². The van der Waals surface area contributed by atoms with Crippen LogP contribution in [0.25, 0.3) is 0 Å². The van der Waals surface area contributed by atoms with Gasteiger partial charge in [0.1, 0.15) is 0 Å². The van der Waals surface area contributed by atoms with E-state index >= 15 is 0 Å². The van der Waals surface area contributed by atoms with Crippen LogP contribution >= 0.6 is 10.7 Å². The van der Waals surface area contributed by atoms with E-state index in [0.717, 1.165) is 25.7 Å². The molecular weight excluding hydrogens is 268 g/mol. The average molecular weight is 285 g/mol. The summed E-state index contributed by atoms with van der Waals surface area (Å²) in [5.74, 6) is 0.175. The summed E-state index contributed by atoms with van der Waals surface area (Å²) >= 11 is 0. The highest BCUT2D eigenvalue weighted by atomic mass is 35.7. The van der Waals surface area contributed by atoms with Gasteiger partial charge in [-0.2, -0.15) is 0 Å². The van der Waals surface area contributed by atoms with Crippen LogP contribution in [0.5, 0.6) is 0 Å². The molecule has 0 spiro atoms. The van der Waals surface area contributed by atoms with Crippen LogP contribution in [0.2, 0.25) is 0 Å². The third kappa shape index (κ3) is 2.30. The quantitative estimate of drug-likeness (QED) is 0.777. The fourth-order valence-corrected chi connectivity index (χ4v) is 5.80. The summed E-state index contributed by atoms with van der Waals surface area (Å²) in [7, 11) is 2.02. The Morgan fingerprint density at radius 2 is 1.67 bits per heavy atom. The largest absolute Gasteiger partial charge is 0.233 e. The lowest BCUT2D eigenvalue weighted by molar-refractivity contribution is -0.191. The maximum atomic E-state index is 11.1. The van der Waals surface area contributed by atoms with Gasteiger partial charge >= 0.3 is 0 Å². The molecule has 3 aliphatic rings. The lowest BCUT2D eigenvalue weighted by Gasteiger charge is -2.71. The van der Waals surface area contributed by atoms with Crippen LogP contribution in [0.1, 0.15) is 31.2 Å². The molecule has 0 heterocycles. The molecule has 4 heteroatoms. The summed E-state index contributed by atoms with van der Waals surface area (Å²) in [6.45, 7) is 0. The molecule has 0 saturated heterocycles. The molecule has 3 aliphatic carbocycles. The van der Waals surface area contributed by atoms with Crippen molar-refractivity contribution in [3.8, 4) is 0 Å². The standard InChI is InChI=1S/C14H17ClO2S/c15-18(16,17)11-14-8-13(9-14,10-14)7-6-12-4-2-1-3-5-12/h1-5H,6-11H2. The van der Waals surface area contributed by atoms with Gasteiger partial charge in [0.25, 0.3) is 0 Å². The van der Waals surface area contributed by atoms with E-state index in [2.05, 4.69) is 24.3 Å². The zero-order valence-corrected chi connectivity index (χ0v) is 11.8. The highest BCUT2D eigenvalue weighted by Gasteiger charge is 2.67. The molecule has 0 aliphatic heterocycles. The van der Waals surface area contributed by atoms with Crippen LogP contribution in [-0.2, 0) is 15.5 Å². The monoisotopic (exact) mass is 284 g/mol. The lowest BCUT2D eigenvalue weighted by Crippen LogP contribution is -2.63. The van der Waals surface area contributed by atoms with E-state index < -0.39 is 9.05 Å². The molecule has 0 aromatic heterocycles. The molecule has 2 nitrogen and oxygen atoms in total. The molecule has 0 radical (unpaired) electrons. The predicted molar refractivity (Wildman–Crippen MR) is 73.1 cm³/mol. The van der Waals surface area contributed by atoms with Gasteiger partial charge in [0.15, 0.2) is 0 Å². The Morgan fingerprint density at radius 3 is 2.22 bits per heavy atom. The summed E-state index contributed by atoms with van der Waals surface area (Å²) in [6, 6.07) is 10.5. The highest BCUT2D eigenvalue weighted by Crippen LogP contribution is 2.75. The van der Waals surface area contributed by atoms with Gasteiger partial charge in [-0.3, -0.25) is 0 Å². The van der Waals surface area contributed by atoms with Crippen LogP contribution < -0.4 is 0 Å². The van der Waals surface area contributed by atoms with Crippen LogP contribution in [0.3, 0.4) is 0 Å². The molecule has 2 bridgehead atoms. The minimum Gasteiger partial charge on any atom is -0.212 e. The van der Waals surface area contributed by atoms with Crippen molar-refractivity contribution in [3.63, 3.8) is 0 Å². The van der Waals surface area contributed by atoms with Crippen LogP contribution in [0, 0.1) is 10.8 Å². The van der Waals surface area contributed by atoms with Crippen LogP contribution in [0.4, 0.5) is 0 Å². The molecule has 0 unspecified atom stereocenters. The van der Waals surface area contributed by atoms with Gasteiger partial charge in [0, 0.05) is 10.7 Å². The minimum absolute atomic E-state index is 0.0390. The Morgan fingerprint density at radius 1 is 1.06 bits per heavy atom. The van der Waals surface area contributed by atoms with Crippen molar-refractivity contribution in [1.29, 1.82) is 0 Å². The van der Waals surface area contributed by atoms with Crippen molar-refractivity contribution in [2.75, 3.05) is 5.75 Å². The van der Waals surface area contributed by atoms with Crippen molar-refractivity contribution in [2.24, 2.45) is 10.8 Å². The Labute approximate surface area is 113 Å². The van der Waals surface area contributed by atoms with Gasteiger partial charge in [0.05, 0.1) is 5.75 Å². The summed E-state index contributed by atoms with van der Waals surface area (Å²) in [5, 5.41) is 0. The Kier molecular flexibility index (Phi) is 2.76. The van der Waals surface area contributed by atoms with Gasteiger partial charge < -0.3 is 0 Å². The second kappa shape index (κ2) is 3.97. The summed E-state index contributed by atoms with van der Waals surface area (Å²) < 4.78 is 22.2. The third-order valence-corrected chi connectivity index (χ3v) is 5.80.